The van der Waals surface area contributed by atoms with Gasteiger partial charge in [-0.15, -0.1) is 0 Å². The predicted molar refractivity (Wildman–Crippen MR) is 151 cm³/mol. The third-order valence-electron chi connectivity index (χ3n) is 6.92. The number of aromatic nitrogens is 5. The van der Waals surface area contributed by atoms with E-state index in [4.69, 9.17) is 4.98 Å². The smallest absolute Gasteiger partial charge is 0.263 e. The zero-order chi connectivity index (χ0) is 28.6. The summed E-state index contributed by atoms with van der Waals surface area (Å²) in [6.45, 7) is 4.25. The van der Waals surface area contributed by atoms with Crippen LogP contribution in [0.2, 0.25) is 0 Å². The van der Waals surface area contributed by atoms with Gasteiger partial charge in [0.2, 0.25) is 0 Å². The minimum Gasteiger partial charge on any atom is -0.353 e. The number of anilines is 2. The standard InChI is InChI=1S/C28H26F2N8O2S/c1-36-17-19(13-33-36)18-37-6-8-38(9-7-37)28-16-32-26-4-2-20(11-27(26)34-28)21-10-23(15-31-14-21)41(39,40)35-25-5-3-22(29)12-24(25)30/h2-5,10-17,35H,6-9,18H2,1H3. The summed E-state index contributed by atoms with van der Waals surface area (Å²) in [5.74, 6) is -1.05. The average molecular weight is 577 g/mol. The molecule has 0 saturated carbocycles. The lowest BCUT2D eigenvalue weighted by Crippen LogP contribution is -2.46. The van der Waals surface area contributed by atoms with Gasteiger partial charge >= 0.3 is 0 Å². The van der Waals surface area contributed by atoms with Gasteiger partial charge in [0.1, 0.15) is 22.3 Å². The van der Waals surface area contributed by atoms with Gasteiger partial charge in [0, 0.05) is 75.6 Å². The molecule has 5 aromatic rings. The molecule has 0 unspecified atom stereocenters. The summed E-state index contributed by atoms with van der Waals surface area (Å²) in [7, 11) is -2.27. The average Bonchev–Trinajstić information content (AvgIpc) is 3.38. The van der Waals surface area contributed by atoms with Gasteiger partial charge in [0.15, 0.2) is 0 Å². The number of hydrogen-bond acceptors (Lipinski definition) is 8. The highest BCUT2D eigenvalue weighted by Crippen LogP contribution is 2.27. The van der Waals surface area contributed by atoms with E-state index in [1.165, 1.54) is 24.0 Å². The summed E-state index contributed by atoms with van der Waals surface area (Å²) in [5, 5.41) is 4.24. The first-order valence-electron chi connectivity index (χ1n) is 12.9. The van der Waals surface area contributed by atoms with Crippen molar-refractivity contribution >= 4 is 32.6 Å². The number of benzene rings is 2. The molecule has 0 aliphatic carbocycles. The summed E-state index contributed by atoms with van der Waals surface area (Å²) in [5.41, 5.74) is 3.43. The Labute approximate surface area is 235 Å². The van der Waals surface area contributed by atoms with E-state index in [0.717, 1.165) is 50.7 Å². The van der Waals surface area contributed by atoms with Crippen LogP contribution in [0.5, 0.6) is 0 Å². The molecular weight excluding hydrogens is 550 g/mol. The zero-order valence-electron chi connectivity index (χ0n) is 22.1. The number of fused-ring (bicyclic) bond motifs is 1. The van der Waals surface area contributed by atoms with Crippen molar-refractivity contribution in [3.8, 4) is 11.1 Å². The fraction of sp³-hybridized carbons (Fsp3) is 0.214. The van der Waals surface area contributed by atoms with E-state index in [1.54, 1.807) is 6.20 Å². The van der Waals surface area contributed by atoms with Gasteiger partial charge in [-0.2, -0.15) is 5.10 Å². The van der Waals surface area contributed by atoms with Crippen LogP contribution in [0.3, 0.4) is 0 Å². The molecule has 1 N–H and O–H groups in total. The maximum Gasteiger partial charge on any atom is 0.263 e. The van der Waals surface area contributed by atoms with E-state index in [2.05, 4.69) is 29.6 Å². The summed E-state index contributed by atoms with van der Waals surface area (Å²) in [4.78, 5) is 17.9. The molecule has 3 aromatic heterocycles. The molecule has 6 rings (SSSR count). The molecule has 0 bridgehead atoms. The normalized spacial score (nSPS) is 14.5. The largest absolute Gasteiger partial charge is 0.353 e. The maximum atomic E-state index is 14.1. The third-order valence-corrected chi connectivity index (χ3v) is 8.26. The van der Waals surface area contributed by atoms with Crippen LogP contribution >= 0.6 is 0 Å². The van der Waals surface area contributed by atoms with Gasteiger partial charge in [-0.1, -0.05) is 6.07 Å². The van der Waals surface area contributed by atoms with Crippen molar-refractivity contribution in [3.05, 3.63) is 90.6 Å². The van der Waals surface area contributed by atoms with Crippen LogP contribution in [0.25, 0.3) is 22.2 Å². The maximum absolute atomic E-state index is 14.1. The number of sulfonamides is 1. The van der Waals surface area contributed by atoms with E-state index in [1.807, 2.05) is 42.3 Å². The number of pyridine rings is 1. The van der Waals surface area contributed by atoms with E-state index < -0.39 is 21.7 Å². The van der Waals surface area contributed by atoms with Crippen LogP contribution in [-0.2, 0) is 23.6 Å². The van der Waals surface area contributed by atoms with E-state index in [9.17, 15) is 17.2 Å². The lowest BCUT2D eigenvalue weighted by atomic mass is 10.1. The molecule has 0 radical (unpaired) electrons. The second-order valence-electron chi connectivity index (χ2n) is 9.86. The van der Waals surface area contributed by atoms with Crippen molar-refractivity contribution in [2.75, 3.05) is 35.8 Å². The molecular formula is C28H26F2N8O2S. The van der Waals surface area contributed by atoms with Crippen LogP contribution in [0.15, 0.2) is 78.3 Å². The van der Waals surface area contributed by atoms with Crippen LogP contribution in [0.4, 0.5) is 20.3 Å². The van der Waals surface area contributed by atoms with Crippen molar-refractivity contribution in [1.82, 2.24) is 29.6 Å². The van der Waals surface area contributed by atoms with Crippen molar-refractivity contribution in [2.24, 2.45) is 7.05 Å². The lowest BCUT2D eigenvalue weighted by Gasteiger charge is -2.35. The van der Waals surface area contributed by atoms with E-state index in [-0.39, 0.29) is 10.6 Å². The van der Waals surface area contributed by atoms with Gasteiger partial charge < -0.3 is 4.90 Å². The molecule has 1 fully saturated rings. The molecule has 0 amide bonds. The van der Waals surface area contributed by atoms with Gasteiger partial charge in [-0.25, -0.2) is 22.2 Å². The molecule has 4 heterocycles. The zero-order valence-corrected chi connectivity index (χ0v) is 22.9. The van der Waals surface area contributed by atoms with Crippen molar-refractivity contribution in [3.63, 3.8) is 0 Å². The van der Waals surface area contributed by atoms with Gasteiger partial charge in [0.05, 0.1) is 29.1 Å². The molecule has 2 aromatic carbocycles. The van der Waals surface area contributed by atoms with Crippen LogP contribution < -0.4 is 9.62 Å². The van der Waals surface area contributed by atoms with E-state index in [0.29, 0.717) is 28.2 Å². The fourth-order valence-electron chi connectivity index (χ4n) is 4.78. The molecule has 1 saturated heterocycles. The van der Waals surface area contributed by atoms with Crippen LogP contribution in [-0.4, -0.2) is 64.2 Å². The Morgan fingerprint density at radius 2 is 1.73 bits per heavy atom. The Bertz CT molecular complexity index is 1840. The minimum atomic E-state index is -4.18. The Morgan fingerprint density at radius 1 is 0.902 bits per heavy atom. The third kappa shape index (κ3) is 5.86. The Kier molecular flexibility index (Phi) is 7.05. The number of piperazine rings is 1. The number of nitrogens with one attached hydrogen (secondary N) is 1. The highest BCUT2D eigenvalue weighted by Gasteiger charge is 2.20. The minimum absolute atomic E-state index is 0.164. The Balaban J connectivity index is 1.20. The Hall–Kier alpha value is -4.49. The molecule has 210 valence electrons. The topological polar surface area (TPSA) is 109 Å². The molecule has 41 heavy (non-hydrogen) atoms. The van der Waals surface area contributed by atoms with E-state index >= 15 is 0 Å². The first-order valence-corrected chi connectivity index (χ1v) is 14.4. The SMILES string of the molecule is Cn1cc(CN2CCN(c3cnc4ccc(-c5cncc(S(=O)(=O)Nc6ccc(F)cc6F)c5)cc4n3)CC2)cn1. The lowest BCUT2D eigenvalue weighted by molar-refractivity contribution is 0.249. The molecule has 10 nitrogen and oxygen atoms in total. The van der Waals surface area contributed by atoms with Crippen LogP contribution in [0.1, 0.15) is 5.56 Å². The Morgan fingerprint density at radius 3 is 2.49 bits per heavy atom. The molecule has 13 heteroatoms. The number of nitrogens with zero attached hydrogens (tertiary/aromatic N) is 7. The number of aryl methyl sites for hydroxylation is 1. The summed E-state index contributed by atoms with van der Waals surface area (Å²) >= 11 is 0. The van der Waals surface area contributed by atoms with Crippen molar-refractivity contribution < 1.29 is 17.2 Å². The predicted octanol–water partition coefficient (Wildman–Crippen LogP) is 3.83. The monoisotopic (exact) mass is 576 g/mol. The highest BCUT2D eigenvalue weighted by atomic mass is 32.2. The second-order valence-corrected chi connectivity index (χ2v) is 11.5. The second kappa shape index (κ2) is 10.8. The number of hydrogen-bond donors (Lipinski definition) is 1. The first kappa shape index (κ1) is 26.7. The summed E-state index contributed by atoms with van der Waals surface area (Å²) < 4.78 is 57.1. The first-order chi connectivity index (χ1) is 19.7. The molecule has 0 spiro atoms. The summed E-state index contributed by atoms with van der Waals surface area (Å²) in [6.07, 6.45) is 8.40. The fourth-order valence-corrected chi connectivity index (χ4v) is 5.83. The number of rotatable bonds is 7. The molecule has 1 aliphatic heterocycles. The molecule has 1 aliphatic rings. The number of halogens is 2. The van der Waals surface area contributed by atoms with Gasteiger partial charge in [-0.05, 0) is 35.9 Å². The van der Waals surface area contributed by atoms with Gasteiger partial charge in [-0.3, -0.25) is 24.3 Å². The highest BCUT2D eigenvalue weighted by molar-refractivity contribution is 7.92. The van der Waals surface area contributed by atoms with Gasteiger partial charge in [0.25, 0.3) is 10.0 Å². The molecule has 0 atom stereocenters. The van der Waals surface area contributed by atoms with Crippen molar-refractivity contribution in [1.29, 1.82) is 0 Å². The van der Waals surface area contributed by atoms with Crippen molar-refractivity contribution in [2.45, 2.75) is 11.4 Å². The summed E-state index contributed by atoms with van der Waals surface area (Å²) in [6, 6.07) is 9.53. The quantitative estimate of drug-likeness (QED) is 0.312. The van der Waals surface area contributed by atoms with Crippen LogP contribution in [0, 0.1) is 11.6 Å².